The molecule has 4 N–H and O–H groups in total. The fraction of sp³-hybridized carbons (Fsp3) is 0.517. The summed E-state index contributed by atoms with van der Waals surface area (Å²) in [6.07, 6.45) is -16.8. The summed E-state index contributed by atoms with van der Waals surface area (Å²) in [6.45, 7) is 7.20. The fourth-order valence-electron chi connectivity index (χ4n) is 4.51. The Balaban J connectivity index is 2.75. The Morgan fingerprint density at radius 2 is 1.21 bits per heavy atom. The molecule has 4 nitrogen and oxygen atoms in total. The average molecular weight is 617 g/mol. The minimum Gasteiger partial charge on any atom is -0.507 e. The number of aromatic hydroxyl groups is 1. The summed E-state index contributed by atoms with van der Waals surface area (Å²) >= 11 is 0. The van der Waals surface area contributed by atoms with Crippen molar-refractivity contribution >= 4 is 5.57 Å². The molecule has 0 saturated heterocycles. The van der Waals surface area contributed by atoms with Crippen LogP contribution >= 0.6 is 0 Å². The van der Waals surface area contributed by atoms with Gasteiger partial charge in [-0.15, -0.1) is 0 Å². The molecule has 0 heterocycles. The lowest BCUT2D eigenvalue weighted by molar-refractivity contribution is -0.259. The van der Waals surface area contributed by atoms with Gasteiger partial charge in [-0.2, -0.15) is 39.5 Å². The highest BCUT2D eigenvalue weighted by Gasteiger charge is 2.54. The van der Waals surface area contributed by atoms with E-state index in [0.29, 0.717) is 31.9 Å². The van der Waals surface area contributed by atoms with Crippen molar-refractivity contribution in [1.82, 2.24) is 0 Å². The molecule has 2 aromatic rings. The van der Waals surface area contributed by atoms with Crippen molar-refractivity contribution in [3.05, 3.63) is 69.8 Å². The number of aliphatic hydroxyl groups is 3. The van der Waals surface area contributed by atoms with E-state index in [9.17, 15) is 59.9 Å². The minimum absolute atomic E-state index is 0.0170. The number of hydrogen-bond acceptors (Lipinski definition) is 4. The van der Waals surface area contributed by atoms with Crippen molar-refractivity contribution in [2.75, 3.05) is 0 Å². The Morgan fingerprint density at radius 3 is 1.64 bits per heavy atom. The molecular formula is C29H33F9O4. The highest BCUT2D eigenvalue weighted by Crippen LogP contribution is 2.46. The van der Waals surface area contributed by atoms with Gasteiger partial charge in [0.1, 0.15) is 5.75 Å². The molecule has 0 bridgehead atoms. The molecule has 0 aliphatic heterocycles. The van der Waals surface area contributed by atoms with Crippen molar-refractivity contribution in [2.24, 2.45) is 0 Å². The molecule has 2 aromatic carbocycles. The molecule has 236 valence electrons. The lowest BCUT2D eigenvalue weighted by Gasteiger charge is -2.33. The van der Waals surface area contributed by atoms with E-state index in [2.05, 4.69) is 0 Å². The average Bonchev–Trinajstić information content (AvgIpc) is 2.77. The van der Waals surface area contributed by atoms with Crippen LogP contribution in [0.25, 0.3) is 5.57 Å². The van der Waals surface area contributed by atoms with Gasteiger partial charge in [-0.1, -0.05) is 38.1 Å². The Hall–Kier alpha value is -2.77. The highest BCUT2D eigenvalue weighted by atomic mass is 19.4. The van der Waals surface area contributed by atoms with Crippen molar-refractivity contribution in [3.8, 4) is 5.75 Å². The van der Waals surface area contributed by atoms with E-state index < -0.39 is 64.1 Å². The standard InChI is InChI=1S/C29H33F9O4/c1-15-10-17(18(13-24(5,40)27(30,31)32)14-25(6,41)28(33,34)35)8-9-20(15)23(3,4)19-11-16(2)22(39)21(12-19)26(7,42)29(36,37)38/h8-13,39-42H,14H2,1-7H3/b18-13+. The number of hydrogen-bond donors (Lipinski definition) is 4. The minimum atomic E-state index is -5.26. The Morgan fingerprint density at radius 1 is 0.690 bits per heavy atom. The molecule has 0 amide bonds. The van der Waals surface area contributed by atoms with Crippen molar-refractivity contribution in [3.63, 3.8) is 0 Å². The molecule has 0 aromatic heterocycles. The number of phenolic OH excluding ortho intramolecular Hbond substituents is 1. The van der Waals surface area contributed by atoms with Crippen molar-refractivity contribution in [2.45, 2.75) is 95.6 Å². The molecule has 0 saturated carbocycles. The van der Waals surface area contributed by atoms with Gasteiger partial charge in [-0.25, -0.2) is 0 Å². The third kappa shape index (κ3) is 6.73. The zero-order valence-electron chi connectivity index (χ0n) is 23.9. The van der Waals surface area contributed by atoms with Crippen LogP contribution < -0.4 is 0 Å². The van der Waals surface area contributed by atoms with E-state index in [1.54, 1.807) is 13.8 Å². The summed E-state index contributed by atoms with van der Waals surface area (Å²) in [6, 6.07) is 6.14. The van der Waals surface area contributed by atoms with Gasteiger partial charge >= 0.3 is 18.5 Å². The summed E-state index contributed by atoms with van der Waals surface area (Å²) in [4.78, 5) is 0. The Labute approximate surface area is 237 Å². The van der Waals surface area contributed by atoms with Gasteiger partial charge < -0.3 is 20.4 Å². The SMILES string of the molecule is Cc1cc(/C(=C/C(C)(O)C(F)(F)F)CC(C)(O)C(F)(F)F)ccc1C(C)(C)c1cc(C)c(O)c(C(C)(O)C(F)(F)F)c1. The lowest BCUT2D eigenvalue weighted by atomic mass is 9.73. The van der Waals surface area contributed by atoms with Crippen molar-refractivity contribution < 1.29 is 59.9 Å². The van der Waals surface area contributed by atoms with Gasteiger partial charge in [0, 0.05) is 17.4 Å². The molecule has 0 aliphatic rings. The van der Waals surface area contributed by atoms with E-state index in [1.807, 2.05) is 0 Å². The normalized spacial score (nSPS) is 18.3. The summed E-state index contributed by atoms with van der Waals surface area (Å²) < 4.78 is 121. The van der Waals surface area contributed by atoms with Gasteiger partial charge in [0.25, 0.3) is 0 Å². The maximum absolute atomic E-state index is 13.6. The van der Waals surface area contributed by atoms with Crippen LogP contribution in [0.2, 0.25) is 0 Å². The molecule has 3 unspecified atom stereocenters. The maximum Gasteiger partial charge on any atom is 0.421 e. The van der Waals surface area contributed by atoms with Crippen molar-refractivity contribution in [1.29, 1.82) is 0 Å². The Bertz CT molecular complexity index is 1350. The summed E-state index contributed by atoms with van der Waals surface area (Å²) in [5, 5.41) is 40.6. The van der Waals surface area contributed by atoms with Crippen LogP contribution in [-0.2, 0) is 11.0 Å². The maximum atomic E-state index is 13.6. The first-order chi connectivity index (χ1) is 18.5. The van der Waals surface area contributed by atoms with Crippen LogP contribution in [0.4, 0.5) is 39.5 Å². The quantitative estimate of drug-likeness (QED) is 0.243. The second kappa shape index (κ2) is 10.7. The number of alkyl halides is 9. The molecular weight excluding hydrogens is 583 g/mol. The van der Waals surface area contributed by atoms with Crippen LogP contribution in [0.15, 0.2) is 36.4 Å². The largest absolute Gasteiger partial charge is 0.507 e. The third-order valence-corrected chi connectivity index (χ3v) is 7.54. The first kappa shape index (κ1) is 35.4. The first-order valence-corrected chi connectivity index (χ1v) is 12.5. The molecule has 0 aliphatic carbocycles. The van der Waals surface area contributed by atoms with E-state index in [-0.39, 0.29) is 22.8 Å². The zero-order chi connectivity index (χ0) is 33.1. The van der Waals surface area contributed by atoms with Gasteiger partial charge in [0.2, 0.25) is 0 Å². The molecule has 2 rings (SSSR count). The first-order valence-electron chi connectivity index (χ1n) is 12.5. The second-order valence-electron chi connectivity index (χ2n) is 11.7. The second-order valence-corrected chi connectivity index (χ2v) is 11.7. The van der Waals surface area contributed by atoms with Gasteiger partial charge in [0.05, 0.1) is 0 Å². The van der Waals surface area contributed by atoms with E-state index >= 15 is 0 Å². The summed E-state index contributed by atoms with van der Waals surface area (Å²) in [7, 11) is 0. The number of halogens is 9. The van der Waals surface area contributed by atoms with E-state index in [1.165, 1.54) is 38.1 Å². The number of aryl methyl sites for hydroxylation is 2. The predicted molar refractivity (Wildman–Crippen MR) is 138 cm³/mol. The van der Waals surface area contributed by atoms with Crippen LogP contribution in [0.5, 0.6) is 5.75 Å². The van der Waals surface area contributed by atoms with E-state index in [4.69, 9.17) is 0 Å². The highest BCUT2D eigenvalue weighted by molar-refractivity contribution is 5.69. The van der Waals surface area contributed by atoms with Gasteiger partial charge in [-0.05, 0) is 80.2 Å². The van der Waals surface area contributed by atoms with Crippen LogP contribution in [0.1, 0.15) is 74.4 Å². The van der Waals surface area contributed by atoms with Crippen LogP contribution in [0, 0.1) is 13.8 Å². The summed E-state index contributed by atoms with van der Waals surface area (Å²) in [5.74, 6) is -0.771. The topological polar surface area (TPSA) is 80.9 Å². The third-order valence-electron chi connectivity index (χ3n) is 7.54. The molecule has 13 heteroatoms. The van der Waals surface area contributed by atoms with Gasteiger partial charge in [0.15, 0.2) is 16.8 Å². The van der Waals surface area contributed by atoms with Gasteiger partial charge in [-0.3, -0.25) is 0 Å². The van der Waals surface area contributed by atoms with Crippen LogP contribution in [0.3, 0.4) is 0 Å². The number of benzene rings is 2. The number of rotatable bonds is 7. The Kier molecular flexibility index (Phi) is 9.06. The predicted octanol–water partition coefficient (Wildman–Crippen LogP) is 7.50. The fourth-order valence-corrected chi connectivity index (χ4v) is 4.51. The lowest BCUT2D eigenvalue weighted by Crippen LogP contribution is -2.43. The molecule has 0 fully saturated rings. The monoisotopic (exact) mass is 616 g/mol. The molecule has 0 spiro atoms. The zero-order valence-corrected chi connectivity index (χ0v) is 23.9. The molecule has 0 radical (unpaired) electrons. The van der Waals surface area contributed by atoms with Crippen LogP contribution in [-0.4, -0.2) is 50.2 Å². The molecule has 3 atom stereocenters. The number of phenols is 1. The smallest absolute Gasteiger partial charge is 0.421 e. The summed E-state index contributed by atoms with van der Waals surface area (Å²) in [5.41, 5.74) is -12.3. The molecule has 42 heavy (non-hydrogen) atoms. The van der Waals surface area contributed by atoms with E-state index in [0.717, 1.165) is 6.07 Å².